The minimum absolute atomic E-state index is 0.0829. The normalized spacial score (nSPS) is 13.5. The van der Waals surface area contributed by atoms with Crippen molar-refractivity contribution in [2.45, 2.75) is 19.8 Å². The van der Waals surface area contributed by atoms with Gasteiger partial charge >= 0.3 is 0 Å². The minimum atomic E-state index is -0.0829. The van der Waals surface area contributed by atoms with Gasteiger partial charge < -0.3 is 5.73 Å². The summed E-state index contributed by atoms with van der Waals surface area (Å²) in [6, 6.07) is 1.87. The Kier molecular flexibility index (Phi) is 2.62. The highest BCUT2D eigenvalue weighted by Gasteiger charge is 2.11. The molecule has 0 saturated carbocycles. The van der Waals surface area contributed by atoms with Crippen molar-refractivity contribution in [2.75, 3.05) is 6.54 Å². The van der Waals surface area contributed by atoms with E-state index >= 15 is 0 Å². The first-order valence-electron chi connectivity index (χ1n) is 3.61. The monoisotopic (exact) mass is 173 g/mol. The molecule has 0 spiro atoms. The van der Waals surface area contributed by atoms with Gasteiger partial charge in [0, 0.05) is 10.4 Å². The number of hydrogen-bond acceptors (Lipinski definition) is 2. The van der Waals surface area contributed by atoms with E-state index in [4.69, 9.17) is 5.73 Å². The van der Waals surface area contributed by atoms with Crippen molar-refractivity contribution < 1.29 is 4.39 Å². The van der Waals surface area contributed by atoms with E-state index in [0.29, 0.717) is 6.54 Å². The number of halogens is 1. The standard InChI is InChI=1S/C8H12FNS/c1-5(4-10)7-3-6(2)11-8(7)9/h3,5H,4,10H2,1-2H3. The summed E-state index contributed by atoms with van der Waals surface area (Å²) in [6.45, 7) is 4.35. The lowest BCUT2D eigenvalue weighted by molar-refractivity contribution is 0.618. The Hall–Kier alpha value is -0.410. The largest absolute Gasteiger partial charge is 0.330 e. The van der Waals surface area contributed by atoms with Gasteiger partial charge in [0.1, 0.15) is 0 Å². The zero-order valence-electron chi connectivity index (χ0n) is 6.73. The molecule has 0 radical (unpaired) electrons. The Morgan fingerprint density at radius 2 is 2.36 bits per heavy atom. The molecule has 0 aromatic carbocycles. The maximum Gasteiger partial charge on any atom is 0.180 e. The SMILES string of the molecule is Cc1cc(C(C)CN)c(F)s1. The highest BCUT2D eigenvalue weighted by atomic mass is 32.1. The molecule has 1 aromatic heterocycles. The summed E-state index contributed by atoms with van der Waals surface area (Å²) in [7, 11) is 0. The average molecular weight is 173 g/mol. The lowest BCUT2D eigenvalue weighted by Crippen LogP contribution is -2.08. The van der Waals surface area contributed by atoms with Crippen LogP contribution in [0.3, 0.4) is 0 Å². The lowest BCUT2D eigenvalue weighted by Gasteiger charge is -2.04. The predicted octanol–water partition coefficient (Wildman–Crippen LogP) is 2.26. The summed E-state index contributed by atoms with van der Waals surface area (Å²) in [4.78, 5) is 1.01. The molecule has 0 bridgehead atoms. The van der Waals surface area contributed by atoms with Crippen LogP contribution < -0.4 is 5.73 Å². The van der Waals surface area contributed by atoms with Gasteiger partial charge in [-0.2, -0.15) is 4.39 Å². The van der Waals surface area contributed by atoms with Crippen LogP contribution in [0.2, 0.25) is 0 Å². The first kappa shape index (κ1) is 8.68. The Morgan fingerprint density at radius 3 is 2.73 bits per heavy atom. The van der Waals surface area contributed by atoms with Crippen LogP contribution in [0.5, 0.6) is 0 Å². The van der Waals surface area contributed by atoms with Gasteiger partial charge in [-0.05, 0) is 25.5 Å². The Morgan fingerprint density at radius 1 is 1.73 bits per heavy atom. The highest BCUT2D eigenvalue weighted by Crippen LogP contribution is 2.25. The van der Waals surface area contributed by atoms with E-state index in [1.165, 1.54) is 11.3 Å². The number of thiophene rings is 1. The van der Waals surface area contributed by atoms with Crippen molar-refractivity contribution >= 4 is 11.3 Å². The summed E-state index contributed by atoms with van der Waals surface area (Å²) in [5, 5.41) is -0.0829. The van der Waals surface area contributed by atoms with Crippen LogP contribution in [0.4, 0.5) is 4.39 Å². The third-order valence-corrected chi connectivity index (χ3v) is 2.58. The van der Waals surface area contributed by atoms with Crippen LogP contribution >= 0.6 is 11.3 Å². The molecule has 0 amide bonds. The summed E-state index contributed by atoms with van der Waals surface area (Å²) < 4.78 is 13.0. The molecule has 1 heterocycles. The van der Waals surface area contributed by atoms with Gasteiger partial charge in [-0.15, -0.1) is 11.3 Å². The fraction of sp³-hybridized carbons (Fsp3) is 0.500. The van der Waals surface area contributed by atoms with Crippen LogP contribution in [0.1, 0.15) is 23.3 Å². The third-order valence-electron chi connectivity index (χ3n) is 1.72. The minimum Gasteiger partial charge on any atom is -0.330 e. The van der Waals surface area contributed by atoms with E-state index in [0.717, 1.165) is 10.4 Å². The quantitative estimate of drug-likeness (QED) is 0.729. The number of nitrogens with two attached hydrogens (primary N) is 1. The molecule has 0 aliphatic carbocycles. The van der Waals surface area contributed by atoms with E-state index < -0.39 is 0 Å². The van der Waals surface area contributed by atoms with Crippen LogP contribution in [-0.4, -0.2) is 6.54 Å². The van der Waals surface area contributed by atoms with Gasteiger partial charge in [-0.25, -0.2) is 0 Å². The molecule has 1 unspecified atom stereocenters. The van der Waals surface area contributed by atoms with Gasteiger partial charge in [0.15, 0.2) is 5.13 Å². The van der Waals surface area contributed by atoms with Gasteiger partial charge in [-0.3, -0.25) is 0 Å². The van der Waals surface area contributed by atoms with Crippen molar-refractivity contribution in [2.24, 2.45) is 5.73 Å². The molecule has 1 aromatic rings. The molecule has 1 nitrogen and oxygen atoms in total. The van der Waals surface area contributed by atoms with E-state index in [9.17, 15) is 4.39 Å². The summed E-state index contributed by atoms with van der Waals surface area (Å²) >= 11 is 1.19. The molecule has 1 rings (SSSR count). The maximum absolute atomic E-state index is 13.0. The molecule has 0 aliphatic rings. The summed E-state index contributed by atoms with van der Waals surface area (Å²) in [6.07, 6.45) is 0. The smallest absolute Gasteiger partial charge is 0.180 e. The number of aryl methyl sites for hydroxylation is 1. The average Bonchev–Trinajstić information content (AvgIpc) is 2.28. The molecule has 0 saturated heterocycles. The molecule has 2 N–H and O–H groups in total. The van der Waals surface area contributed by atoms with E-state index in [1.54, 1.807) is 0 Å². The van der Waals surface area contributed by atoms with Crippen molar-refractivity contribution in [1.82, 2.24) is 0 Å². The second-order valence-corrected chi connectivity index (χ2v) is 3.93. The molecule has 0 fully saturated rings. The van der Waals surface area contributed by atoms with Crippen molar-refractivity contribution in [1.29, 1.82) is 0 Å². The second kappa shape index (κ2) is 3.32. The van der Waals surface area contributed by atoms with Crippen molar-refractivity contribution in [3.8, 4) is 0 Å². The van der Waals surface area contributed by atoms with Crippen LogP contribution in [0.15, 0.2) is 6.07 Å². The van der Waals surface area contributed by atoms with Crippen LogP contribution in [-0.2, 0) is 0 Å². The maximum atomic E-state index is 13.0. The summed E-state index contributed by atoms with van der Waals surface area (Å²) in [5.41, 5.74) is 6.18. The van der Waals surface area contributed by atoms with Gasteiger partial charge in [0.25, 0.3) is 0 Å². The molecule has 0 aliphatic heterocycles. The Bertz CT molecular complexity index is 244. The predicted molar refractivity (Wildman–Crippen MR) is 46.5 cm³/mol. The first-order chi connectivity index (χ1) is 5.15. The second-order valence-electron chi connectivity index (χ2n) is 2.72. The first-order valence-corrected chi connectivity index (χ1v) is 4.42. The van der Waals surface area contributed by atoms with Crippen LogP contribution in [0, 0.1) is 12.1 Å². The molecule has 3 heteroatoms. The van der Waals surface area contributed by atoms with E-state index in [2.05, 4.69) is 0 Å². The number of hydrogen-bond donors (Lipinski definition) is 1. The zero-order chi connectivity index (χ0) is 8.43. The molecular formula is C8H12FNS. The van der Waals surface area contributed by atoms with Gasteiger partial charge in [-0.1, -0.05) is 6.92 Å². The van der Waals surface area contributed by atoms with Crippen molar-refractivity contribution in [3.05, 3.63) is 21.6 Å². The molecule has 62 valence electrons. The summed E-state index contributed by atoms with van der Waals surface area (Å²) in [5.74, 6) is 0.139. The van der Waals surface area contributed by atoms with Gasteiger partial charge in [0.2, 0.25) is 0 Å². The van der Waals surface area contributed by atoms with Crippen LogP contribution in [0.25, 0.3) is 0 Å². The fourth-order valence-corrected chi connectivity index (χ4v) is 1.81. The lowest BCUT2D eigenvalue weighted by atomic mass is 10.1. The molecule has 1 atom stereocenters. The van der Waals surface area contributed by atoms with E-state index in [-0.39, 0.29) is 11.0 Å². The topological polar surface area (TPSA) is 26.0 Å². The highest BCUT2D eigenvalue weighted by molar-refractivity contribution is 7.10. The van der Waals surface area contributed by atoms with Gasteiger partial charge in [0.05, 0.1) is 0 Å². The fourth-order valence-electron chi connectivity index (χ4n) is 0.968. The number of rotatable bonds is 2. The van der Waals surface area contributed by atoms with Crippen molar-refractivity contribution in [3.63, 3.8) is 0 Å². The Balaban J connectivity index is 2.93. The molecular weight excluding hydrogens is 161 g/mol. The Labute approximate surface area is 70.0 Å². The zero-order valence-corrected chi connectivity index (χ0v) is 7.54. The third kappa shape index (κ3) is 1.79. The van der Waals surface area contributed by atoms with E-state index in [1.807, 2.05) is 19.9 Å². The molecule has 11 heavy (non-hydrogen) atoms.